The lowest BCUT2D eigenvalue weighted by atomic mass is 10.1. The van der Waals surface area contributed by atoms with Crippen LogP contribution in [-0.4, -0.2) is 45.1 Å². The largest absolute Gasteiger partial charge is 0.534 e. The summed E-state index contributed by atoms with van der Waals surface area (Å²) in [5, 5.41) is 0. The second-order valence-electron chi connectivity index (χ2n) is 6.35. The van der Waals surface area contributed by atoms with E-state index in [0.717, 1.165) is 43.5 Å². The Labute approximate surface area is 152 Å². The van der Waals surface area contributed by atoms with Crippen LogP contribution in [0.1, 0.15) is 37.8 Å². The van der Waals surface area contributed by atoms with Crippen molar-refractivity contribution < 1.29 is 30.5 Å². The van der Waals surface area contributed by atoms with Gasteiger partial charge in [0.25, 0.3) is 0 Å². The van der Waals surface area contributed by atoms with Gasteiger partial charge < -0.3 is 8.92 Å². The fraction of sp³-hybridized carbons (Fsp3) is 0.647. The number of rotatable bonds is 8. The first kappa shape index (κ1) is 20.8. The normalized spacial score (nSPS) is 17.4. The average molecular weight is 395 g/mol. The van der Waals surface area contributed by atoms with Crippen molar-refractivity contribution in [1.82, 2.24) is 4.90 Å². The number of methoxy groups -OCH3 is 1. The van der Waals surface area contributed by atoms with Crippen molar-refractivity contribution in [1.29, 1.82) is 0 Å². The van der Waals surface area contributed by atoms with Gasteiger partial charge in [-0.05, 0) is 62.0 Å². The molecule has 1 unspecified atom stereocenters. The Morgan fingerprint density at radius 1 is 1.08 bits per heavy atom. The van der Waals surface area contributed by atoms with E-state index >= 15 is 0 Å². The third kappa shape index (κ3) is 4.43. The Bertz CT molecular complexity index is 728. The Morgan fingerprint density at radius 3 is 2.00 bits per heavy atom. The van der Waals surface area contributed by atoms with Crippen LogP contribution in [0, 0.1) is 0 Å². The van der Waals surface area contributed by atoms with Crippen molar-refractivity contribution in [3.05, 3.63) is 23.3 Å². The molecule has 0 aromatic heterocycles. The van der Waals surface area contributed by atoms with Crippen LogP contribution in [0.15, 0.2) is 12.1 Å². The van der Waals surface area contributed by atoms with E-state index < -0.39 is 21.4 Å². The molecule has 0 saturated carbocycles. The van der Waals surface area contributed by atoms with Crippen LogP contribution in [0.4, 0.5) is 13.2 Å². The minimum atomic E-state index is -5.74. The zero-order chi connectivity index (χ0) is 19.5. The predicted molar refractivity (Wildman–Crippen MR) is 91.9 cm³/mol. The number of fused-ring (bicyclic) bond motifs is 1. The number of hydrogen-bond acceptors (Lipinski definition) is 5. The summed E-state index contributed by atoms with van der Waals surface area (Å²) in [6.07, 6.45) is 3.41. The SMILES string of the molecule is CCCN(CCC)C1Cc2cc(OC)c(OS(=O)(=O)C(F)(F)F)cc2C1. The molecule has 5 nitrogen and oxygen atoms in total. The number of alkyl halides is 3. The highest BCUT2D eigenvalue weighted by Crippen LogP contribution is 2.38. The van der Waals surface area contributed by atoms with E-state index in [1.165, 1.54) is 13.2 Å². The lowest BCUT2D eigenvalue weighted by Gasteiger charge is -2.27. The molecule has 0 bridgehead atoms. The van der Waals surface area contributed by atoms with Crippen LogP contribution in [0.5, 0.6) is 11.5 Å². The summed E-state index contributed by atoms with van der Waals surface area (Å²) in [5.41, 5.74) is -3.75. The fourth-order valence-corrected chi connectivity index (χ4v) is 3.76. The van der Waals surface area contributed by atoms with Gasteiger partial charge in [-0.2, -0.15) is 21.6 Å². The van der Waals surface area contributed by atoms with Crippen LogP contribution in [0.3, 0.4) is 0 Å². The zero-order valence-corrected chi connectivity index (χ0v) is 15.9. The summed E-state index contributed by atoms with van der Waals surface area (Å²) in [6.45, 7) is 6.08. The van der Waals surface area contributed by atoms with Crippen molar-refractivity contribution in [2.75, 3.05) is 20.2 Å². The summed E-state index contributed by atoms with van der Waals surface area (Å²) in [6, 6.07) is 3.17. The van der Waals surface area contributed by atoms with E-state index in [9.17, 15) is 21.6 Å². The molecule has 1 aliphatic carbocycles. The third-order valence-electron chi connectivity index (χ3n) is 4.42. The number of benzene rings is 1. The molecule has 1 atom stereocenters. The van der Waals surface area contributed by atoms with Gasteiger partial charge in [0.1, 0.15) is 0 Å². The van der Waals surface area contributed by atoms with Crippen molar-refractivity contribution in [2.45, 2.75) is 51.1 Å². The average Bonchev–Trinajstić information content (AvgIpc) is 2.95. The standard InChI is InChI=1S/C17H24F3NO4S/c1-4-6-21(7-5-2)14-8-12-10-15(24-3)16(11-13(12)9-14)25-26(22,23)17(18,19)20/h10-11,14H,4-9H2,1-3H3. The van der Waals surface area contributed by atoms with Crippen LogP contribution in [-0.2, 0) is 23.0 Å². The molecule has 0 aliphatic heterocycles. The molecule has 0 N–H and O–H groups in total. The fourth-order valence-electron chi connectivity index (χ4n) is 3.30. The number of nitrogens with zero attached hydrogens (tertiary/aromatic N) is 1. The van der Waals surface area contributed by atoms with Crippen molar-refractivity contribution in [3.8, 4) is 11.5 Å². The molecule has 0 saturated heterocycles. The quantitative estimate of drug-likeness (QED) is 0.498. The molecule has 9 heteroatoms. The van der Waals surface area contributed by atoms with Crippen molar-refractivity contribution in [3.63, 3.8) is 0 Å². The molecule has 0 fully saturated rings. The summed E-state index contributed by atoms with van der Waals surface area (Å²) < 4.78 is 69.8. The molecule has 0 spiro atoms. The molecule has 0 amide bonds. The van der Waals surface area contributed by atoms with Gasteiger partial charge in [0.2, 0.25) is 0 Å². The monoisotopic (exact) mass is 395 g/mol. The van der Waals surface area contributed by atoms with Gasteiger partial charge >= 0.3 is 15.6 Å². The molecular weight excluding hydrogens is 371 g/mol. The summed E-state index contributed by atoms with van der Waals surface area (Å²) in [4.78, 5) is 2.36. The van der Waals surface area contributed by atoms with E-state index in [2.05, 4.69) is 22.9 Å². The molecule has 2 rings (SSSR count). The third-order valence-corrected chi connectivity index (χ3v) is 5.38. The molecule has 148 valence electrons. The minimum absolute atomic E-state index is 0.0187. The Balaban J connectivity index is 2.29. The van der Waals surface area contributed by atoms with Gasteiger partial charge in [0.15, 0.2) is 11.5 Å². The first-order chi connectivity index (χ1) is 12.1. The van der Waals surface area contributed by atoms with E-state index in [1.54, 1.807) is 6.07 Å². The Hall–Kier alpha value is -1.48. The maximum Gasteiger partial charge on any atom is 0.534 e. The van der Waals surface area contributed by atoms with Gasteiger partial charge in [-0.1, -0.05) is 13.8 Å². The molecule has 26 heavy (non-hydrogen) atoms. The maximum absolute atomic E-state index is 12.6. The molecular formula is C17H24F3NO4S. The summed E-state index contributed by atoms with van der Waals surface area (Å²) in [7, 11) is -4.47. The smallest absolute Gasteiger partial charge is 0.493 e. The van der Waals surface area contributed by atoms with E-state index in [4.69, 9.17) is 4.74 Å². The van der Waals surface area contributed by atoms with Crippen LogP contribution in [0.2, 0.25) is 0 Å². The highest BCUT2D eigenvalue weighted by molar-refractivity contribution is 7.88. The minimum Gasteiger partial charge on any atom is -0.493 e. The summed E-state index contributed by atoms with van der Waals surface area (Å²) >= 11 is 0. The van der Waals surface area contributed by atoms with Gasteiger partial charge in [-0.3, -0.25) is 4.90 Å². The van der Waals surface area contributed by atoms with Crippen LogP contribution >= 0.6 is 0 Å². The molecule has 0 radical (unpaired) electrons. The predicted octanol–water partition coefficient (Wildman–Crippen LogP) is 3.51. The molecule has 1 aliphatic rings. The molecule has 1 aromatic carbocycles. The van der Waals surface area contributed by atoms with Gasteiger partial charge in [0, 0.05) is 6.04 Å². The lowest BCUT2D eigenvalue weighted by Crippen LogP contribution is -2.37. The maximum atomic E-state index is 12.6. The molecule has 1 aromatic rings. The summed E-state index contributed by atoms with van der Waals surface area (Å²) in [5.74, 6) is -0.448. The highest BCUT2D eigenvalue weighted by atomic mass is 32.2. The zero-order valence-electron chi connectivity index (χ0n) is 15.1. The number of halogens is 3. The Morgan fingerprint density at radius 2 is 1.58 bits per heavy atom. The van der Waals surface area contributed by atoms with Gasteiger partial charge in [-0.15, -0.1) is 0 Å². The topological polar surface area (TPSA) is 55.8 Å². The number of ether oxygens (including phenoxy) is 1. The van der Waals surface area contributed by atoms with E-state index in [-0.39, 0.29) is 11.8 Å². The van der Waals surface area contributed by atoms with Crippen LogP contribution < -0.4 is 8.92 Å². The van der Waals surface area contributed by atoms with E-state index in [0.29, 0.717) is 6.42 Å². The molecule has 0 heterocycles. The first-order valence-corrected chi connectivity index (χ1v) is 9.98. The van der Waals surface area contributed by atoms with Gasteiger partial charge in [0.05, 0.1) is 7.11 Å². The van der Waals surface area contributed by atoms with E-state index in [1.807, 2.05) is 0 Å². The van der Waals surface area contributed by atoms with Gasteiger partial charge in [-0.25, -0.2) is 0 Å². The van der Waals surface area contributed by atoms with Crippen LogP contribution in [0.25, 0.3) is 0 Å². The first-order valence-electron chi connectivity index (χ1n) is 8.57. The second kappa shape index (κ2) is 8.04. The Kier molecular flexibility index (Phi) is 6.44. The van der Waals surface area contributed by atoms with Crippen molar-refractivity contribution >= 4 is 10.1 Å². The number of hydrogen-bond donors (Lipinski definition) is 0. The second-order valence-corrected chi connectivity index (χ2v) is 7.89. The van der Waals surface area contributed by atoms with Crippen molar-refractivity contribution in [2.24, 2.45) is 0 Å². The lowest BCUT2D eigenvalue weighted by molar-refractivity contribution is -0.0500. The highest BCUT2D eigenvalue weighted by Gasteiger charge is 2.49.